The molecule has 0 radical (unpaired) electrons. The van der Waals surface area contributed by atoms with Crippen molar-refractivity contribution >= 4 is 58.3 Å². The zero-order chi connectivity index (χ0) is 33.0. The van der Waals surface area contributed by atoms with Gasteiger partial charge in [-0.1, -0.05) is 23.2 Å². The topological polar surface area (TPSA) is 174 Å². The number of rotatable bonds is 9. The molecule has 0 bridgehead atoms. The summed E-state index contributed by atoms with van der Waals surface area (Å²) in [5.74, 6) is -2.34. The van der Waals surface area contributed by atoms with Crippen LogP contribution in [0.1, 0.15) is 66.1 Å². The number of aromatic nitrogens is 2. The normalized spacial score (nSPS) is 17.0. The molecule has 0 saturated carbocycles. The molecule has 0 unspecified atom stereocenters. The van der Waals surface area contributed by atoms with E-state index in [0.717, 1.165) is 6.07 Å². The van der Waals surface area contributed by atoms with Crippen LogP contribution in [0.3, 0.4) is 0 Å². The number of benzene rings is 2. The van der Waals surface area contributed by atoms with Crippen LogP contribution in [0, 0.1) is 5.82 Å². The summed E-state index contributed by atoms with van der Waals surface area (Å²) in [5, 5.41) is 10.3. The van der Waals surface area contributed by atoms with Crippen LogP contribution in [0.4, 0.5) is 15.9 Å². The van der Waals surface area contributed by atoms with Crippen molar-refractivity contribution < 1.29 is 28.3 Å². The van der Waals surface area contributed by atoms with Gasteiger partial charge in [0.25, 0.3) is 11.8 Å². The number of anilines is 2. The van der Waals surface area contributed by atoms with Gasteiger partial charge in [0.15, 0.2) is 17.3 Å². The molecule has 1 saturated heterocycles. The van der Waals surface area contributed by atoms with Crippen LogP contribution in [-0.2, 0) is 9.59 Å². The van der Waals surface area contributed by atoms with Gasteiger partial charge in [0.1, 0.15) is 11.9 Å². The van der Waals surface area contributed by atoms with Crippen LogP contribution >= 0.6 is 23.2 Å². The summed E-state index contributed by atoms with van der Waals surface area (Å²) in [7, 11) is 0. The molecule has 12 nitrogen and oxygen atoms in total. The van der Waals surface area contributed by atoms with Crippen molar-refractivity contribution in [3.63, 3.8) is 0 Å². The number of amides is 4. The first kappa shape index (κ1) is 33.4. The van der Waals surface area contributed by atoms with E-state index in [4.69, 9.17) is 39.4 Å². The molecule has 4 rings (SSSR count). The highest BCUT2D eigenvalue weighted by Crippen LogP contribution is 2.36. The van der Waals surface area contributed by atoms with Gasteiger partial charge >= 0.3 is 0 Å². The summed E-state index contributed by atoms with van der Waals surface area (Å²) < 4.78 is 19.8. The van der Waals surface area contributed by atoms with E-state index in [1.54, 1.807) is 41.0 Å². The maximum Gasteiger partial charge on any atom is 0.276 e. The van der Waals surface area contributed by atoms with Crippen molar-refractivity contribution in [3.8, 4) is 5.75 Å². The number of nitrogens with two attached hydrogens (primary N) is 2. The molecule has 1 fully saturated rings. The molecule has 45 heavy (non-hydrogen) atoms. The highest BCUT2D eigenvalue weighted by molar-refractivity contribution is 6.36. The number of nitrogen functional groups attached to an aromatic ring is 1. The van der Waals surface area contributed by atoms with Gasteiger partial charge in [-0.05, 0) is 57.2 Å². The summed E-state index contributed by atoms with van der Waals surface area (Å²) in [6.45, 7) is 5.92. The van der Waals surface area contributed by atoms with Gasteiger partial charge in [0.2, 0.25) is 11.8 Å². The number of piperazine rings is 1. The lowest BCUT2D eigenvalue weighted by atomic mass is 10.0. The van der Waals surface area contributed by atoms with Crippen molar-refractivity contribution in [2.75, 3.05) is 24.1 Å². The number of carbonyl (C=O) groups excluding carboxylic acids is 4. The van der Waals surface area contributed by atoms with Gasteiger partial charge in [-0.2, -0.15) is 0 Å². The molecular formula is C30H32Cl2FN7O5. The molecule has 1 aliphatic rings. The van der Waals surface area contributed by atoms with Crippen LogP contribution < -0.4 is 21.5 Å². The first-order valence-electron chi connectivity index (χ1n) is 14.0. The fourth-order valence-electron chi connectivity index (χ4n) is 5.17. The molecule has 4 amide bonds. The molecule has 0 aliphatic carbocycles. The summed E-state index contributed by atoms with van der Waals surface area (Å²) in [6, 6.07) is 9.56. The third-order valence-corrected chi connectivity index (χ3v) is 7.99. The number of hydrogen-bond acceptors (Lipinski definition) is 8. The Labute approximate surface area is 268 Å². The first-order valence-corrected chi connectivity index (χ1v) is 14.8. The second-order valence-corrected chi connectivity index (χ2v) is 11.5. The van der Waals surface area contributed by atoms with Crippen molar-refractivity contribution in [2.24, 2.45) is 5.73 Å². The molecule has 1 aliphatic heterocycles. The monoisotopic (exact) mass is 659 g/mol. The average Bonchev–Trinajstić information content (AvgIpc) is 2.98. The summed E-state index contributed by atoms with van der Waals surface area (Å²) in [4.78, 5) is 53.3. The van der Waals surface area contributed by atoms with Crippen LogP contribution in [0.2, 0.25) is 10.0 Å². The van der Waals surface area contributed by atoms with Crippen LogP contribution in [0.5, 0.6) is 5.75 Å². The predicted molar refractivity (Wildman–Crippen MR) is 166 cm³/mol. The van der Waals surface area contributed by atoms with E-state index in [9.17, 15) is 23.6 Å². The molecule has 15 heteroatoms. The van der Waals surface area contributed by atoms with Crippen molar-refractivity contribution in [1.82, 2.24) is 20.0 Å². The molecule has 1 aromatic heterocycles. The lowest BCUT2D eigenvalue weighted by Crippen LogP contribution is -2.59. The van der Waals surface area contributed by atoms with E-state index in [1.165, 1.54) is 12.1 Å². The van der Waals surface area contributed by atoms with Gasteiger partial charge in [0, 0.05) is 65.9 Å². The number of primary amides is 1. The Bertz CT molecular complexity index is 1610. The Morgan fingerprint density at radius 1 is 1.04 bits per heavy atom. The second kappa shape index (κ2) is 14.1. The van der Waals surface area contributed by atoms with Crippen LogP contribution in [-0.4, -0.2) is 68.8 Å². The Morgan fingerprint density at radius 3 is 2.31 bits per heavy atom. The third-order valence-electron chi connectivity index (χ3n) is 7.28. The van der Waals surface area contributed by atoms with E-state index < -0.39 is 23.7 Å². The maximum atomic E-state index is 14.0. The summed E-state index contributed by atoms with van der Waals surface area (Å²) >= 11 is 12.3. The van der Waals surface area contributed by atoms with E-state index >= 15 is 0 Å². The number of carbonyl (C=O) groups is 4. The van der Waals surface area contributed by atoms with E-state index in [0.29, 0.717) is 24.3 Å². The zero-order valence-corrected chi connectivity index (χ0v) is 26.2. The predicted octanol–water partition coefficient (Wildman–Crippen LogP) is 4.22. The van der Waals surface area contributed by atoms with Crippen LogP contribution in [0.25, 0.3) is 0 Å². The fourth-order valence-corrected chi connectivity index (χ4v) is 5.85. The van der Waals surface area contributed by atoms with Gasteiger partial charge in [-0.25, -0.2) is 4.39 Å². The number of halogens is 3. The molecule has 2 aromatic carbocycles. The SMILES string of the molecule is C[C@@H]1CN(C(=O)c2ccc(NC(=O)c3cc(O[C@H](C)c4c(Cl)ccc(F)c4Cl)c(N)nn3)cc2)C[C@H](C)N1C(=O)CCC(N)=O. The quantitative estimate of drug-likeness (QED) is 0.286. The second-order valence-electron chi connectivity index (χ2n) is 10.7. The largest absolute Gasteiger partial charge is 0.482 e. The molecule has 3 aromatic rings. The minimum atomic E-state index is -0.843. The highest BCUT2D eigenvalue weighted by Gasteiger charge is 2.35. The lowest BCUT2D eigenvalue weighted by molar-refractivity contribution is -0.139. The number of nitrogens with one attached hydrogen (secondary N) is 1. The molecule has 2 heterocycles. The smallest absolute Gasteiger partial charge is 0.276 e. The average molecular weight is 661 g/mol. The third kappa shape index (κ3) is 7.78. The molecule has 238 valence electrons. The van der Waals surface area contributed by atoms with Crippen LogP contribution in [0.15, 0.2) is 42.5 Å². The minimum absolute atomic E-state index is 0.0121. The lowest BCUT2D eigenvalue weighted by Gasteiger charge is -2.44. The van der Waals surface area contributed by atoms with Crippen molar-refractivity contribution in [1.29, 1.82) is 0 Å². The maximum absolute atomic E-state index is 14.0. The van der Waals surface area contributed by atoms with E-state index in [-0.39, 0.29) is 69.6 Å². The van der Waals surface area contributed by atoms with Gasteiger partial charge in [-0.15, -0.1) is 10.2 Å². The Kier molecular flexibility index (Phi) is 10.5. The number of hydrogen-bond donors (Lipinski definition) is 3. The van der Waals surface area contributed by atoms with E-state index in [1.807, 2.05) is 13.8 Å². The Hall–Kier alpha value is -4.49. The van der Waals surface area contributed by atoms with Gasteiger partial charge in [-0.3, -0.25) is 19.2 Å². The molecule has 5 N–H and O–H groups in total. The highest BCUT2D eigenvalue weighted by atomic mass is 35.5. The minimum Gasteiger partial charge on any atom is -0.482 e. The van der Waals surface area contributed by atoms with E-state index in [2.05, 4.69) is 15.5 Å². The molecular weight excluding hydrogens is 628 g/mol. The summed E-state index contributed by atoms with van der Waals surface area (Å²) in [6.07, 6.45) is -0.843. The first-order chi connectivity index (χ1) is 21.3. The fraction of sp³-hybridized carbons (Fsp3) is 0.333. The Balaban J connectivity index is 1.39. The van der Waals surface area contributed by atoms with Crippen molar-refractivity contribution in [3.05, 3.63) is 75.1 Å². The number of nitrogens with zero attached hydrogens (tertiary/aromatic N) is 4. The van der Waals surface area contributed by atoms with Crippen molar-refractivity contribution in [2.45, 2.75) is 51.8 Å². The van der Waals surface area contributed by atoms with Gasteiger partial charge < -0.3 is 31.3 Å². The zero-order valence-electron chi connectivity index (χ0n) is 24.7. The standard InChI is InChI=1S/C30H32Cl2FN7O5/c1-15-13-39(14-16(2)40(15)25(42)11-10-24(34)41)30(44)18-4-6-19(7-5-18)36-29(43)22-12-23(28(35)38-37-22)45-17(3)26-20(31)8-9-21(33)27(26)32/h4-9,12,15-17H,10-11,13-14H2,1-3H3,(H2,34,41)(H2,35,38)(H,36,43)/t15-,16+,17-/m1/s1. The Morgan fingerprint density at radius 2 is 1.69 bits per heavy atom. The molecule has 0 spiro atoms. The summed E-state index contributed by atoms with van der Waals surface area (Å²) in [5.41, 5.74) is 11.9. The molecule has 3 atom stereocenters. The number of ether oxygens (including phenoxy) is 1. The van der Waals surface area contributed by atoms with Gasteiger partial charge in [0.05, 0.1) is 5.02 Å².